The predicted octanol–water partition coefficient (Wildman–Crippen LogP) is 1.31. The van der Waals surface area contributed by atoms with Crippen molar-refractivity contribution in [1.29, 1.82) is 0 Å². The first-order chi connectivity index (χ1) is 6.40. The summed E-state index contributed by atoms with van der Waals surface area (Å²) in [5.41, 5.74) is 2.77. The van der Waals surface area contributed by atoms with Gasteiger partial charge in [-0.3, -0.25) is 5.43 Å². The number of nitrogens with zero attached hydrogens (tertiary/aromatic N) is 1. The van der Waals surface area contributed by atoms with Crippen LogP contribution >= 0.6 is 0 Å². The van der Waals surface area contributed by atoms with Gasteiger partial charge in [0.05, 0.1) is 5.60 Å². The van der Waals surface area contributed by atoms with Gasteiger partial charge in [0.1, 0.15) is 0 Å². The van der Waals surface area contributed by atoms with Crippen molar-refractivity contribution in [1.82, 2.24) is 10.4 Å². The zero-order valence-corrected chi connectivity index (χ0v) is 10.0. The van der Waals surface area contributed by atoms with Crippen LogP contribution in [0.5, 0.6) is 0 Å². The molecule has 0 saturated carbocycles. The third-order valence-corrected chi connectivity index (χ3v) is 1.63. The summed E-state index contributed by atoms with van der Waals surface area (Å²) < 4.78 is 5.41. The molecule has 0 aromatic rings. The van der Waals surface area contributed by atoms with Crippen molar-refractivity contribution in [3.63, 3.8) is 0 Å². The summed E-state index contributed by atoms with van der Waals surface area (Å²) in [4.78, 5) is 0. The molecule has 0 aromatic heterocycles. The Labute approximate surface area is 87.2 Å². The van der Waals surface area contributed by atoms with Crippen molar-refractivity contribution < 1.29 is 9.84 Å². The first-order valence-corrected chi connectivity index (χ1v) is 5.26. The molecule has 0 aliphatic carbocycles. The van der Waals surface area contributed by atoms with E-state index in [9.17, 15) is 5.11 Å². The fourth-order valence-corrected chi connectivity index (χ4v) is 0.981. The Morgan fingerprint density at radius 1 is 1.36 bits per heavy atom. The second-order valence-electron chi connectivity index (χ2n) is 4.25. The van der Waals surface area contributed by atoms with Gasteiger partial charge < -0.3 is 9.84 Å². The molecule has 4 heteroatoms. The number of aliphatic hydroxyl groups is 1. The quantitative estimate of drug-likeness (QED) is 0.506. The summed E-state index contributed by atoms with van der Waals surface area (Å²) in [6.45, 7) is 11.4. The van der Waals surface area contributed by atoms with Crippen LogP contribution < -0.4 is 5.43 Å². The summed E-state index contributed by atoms with van der Waals surface area (Å²) in [5.74, 6) is 0. The summed E-state index contributed by atoms with van der Waals surface area (Å²) >= 11 is 0. The molecule has 0 rings (SSSR count). The van der Waals surface area contributed by atoms with Crippen LogP contribution in [-0.4, -0.2) is 35.2 Å². The van der Waals surface area contributed by atoms with E-state index in [2.05, 4.69) is 12.3 Å². The second-order valence-corrected chi connectivity index (χ2v) is 4.25. The van der Waals surface area contributed by atoms with Gasteiger partial charge in [0, 0.05) is 13.1 Å². The van der Waals surface area contributed by atoms with Crippen LogP contribution in [0.25, 0.3) is 0 Å². The molecule has 0 radical (unpaired) electrons. The van der Waals surface area contributed by atoms with Crippen LogP contribution in [0.1, 0.15) is 41.0 Å². The Balaban J connectivity index is 3.97. The van der Waals surface area contributed by atoms with Crippen molar-refractivity contribution in [3.8, 4) is 0 Å². The number of rotatable bonds is 6. The van der Waals surface area contributed by atoms with Crippen LogP contribution in [0.2, 0.25) is 0 Å². The maximum absolute atomic E-state index is 9.71. The van der Waals surface area contributed by atoms with Crippen molar-refractivity contribution in [2.75, 3.05) is 13.1 Å². The average molecular weight is 204 g/mol. The van der Waals surface area contributed by atoms with Crippen LogP contribution in [0.3, 0.4) is 0 Å². The van der Waals surface area contributed by atoms with Gasteiger partial charge in [-0.2, -0.15) is 5.01 Å². The minimum atomic E-state index is -0.883. The average Bonchev–Trinajstić information content (AvgIpc) is 2.02. The minimum absolute atomic E-state index is 0.333. The zero-order valence-electron chi connectivity index (χ0n) is 10.0. The van der Waals surface area contributed by atoms with E-state index < -0.39 is 6.41 Å². The van der Waals surface area contributed by atoms with Crippen molar-refractivity contribution in [3.05, 3.63) is 0 Å². The highest BCUT2D eigenvalue weighted by molar-refractivity contribution is 4.60. The minimum Gasteiger partial charge on any atom is -0.355 e. The van der Waals surface area contributed by atoms with Gasteiger partial charge in [-0.05, 0) is 27.2 Å². The lowest BCUT2D eigenvalue weighted by atomic mass is 10.2. The molecule has 0 bridgehead atoms. The largest absolute Gasteiger partial charge is 0.355 e. The first kappa shape index (κ1) is 13.8. The van der Waals surface area contributed by atoms with Gasteiger partial charge in [-0.25, -0.2) is 0 Å². The number of hydrogen-bond donors (Lipinski definition) is 2. The van der Waals surface area contributed by atoms with Gasteiger partial charge in [0.15, 0.2) is 0 Å². The highest BCUT2D eigenvalue weighted by Crippen LogP contribution is 2.10. The third kappa shape index (κ3) is 6.32. The standard InChI is InChI=1S/C10H24N2O2/c1-6-8-11-12(7-2)9(13)14-10(3,4)5/h9,11,13H,6-8H2,1-5H3/t9-/m1/s1. The van der Waals surface area contributed by atoms with Gasteiger partial charge in [-0.15, -0.1) is 0 Å². The summed E-state index contributed by atoms with van der Waals surface area (Å²) in [7, 11) is 0. The summed E-state index contributed by atoms with van der Waals surface area (Å²) in [5, 5.41) is 11.4. The van der Waals surface area contributed by atoms with Crippen LogP contribution in [-0.2, 0) is 4.74 Å². The molecule has 0 aromatic carbocycles. The molecule has 0 spiro atoms. The third-order valence-electron chi connectivity index (χ3n) is 1.63. The zero-order chi connectivity index (χ0) is 11.2. The highest BCUT2D eigenvalue weighted by Gasteiger charge is 2.21. The molecular formula is C10H24N2O2. The molecule has 4 nitrogen and oxygen atoms in total. The lowest BCUT2D eigenvalue weighted by molar-refractivity contribution is -0.251. The van der Waals surface area contributed by atoms with Crippen LogP contribution in [0, 0.1) is 0 Å². The fraction of sp³-hybridized carbons (Fsp3) is 1.00. The molecule has 0 aliphatic rings. The van der Waals surface area contributed by atoms with Crippen LogP contribution in [0.4, 0.5) is 0 Å². The van der Waals surface area contributed by atoms with E-state index in [1.807, 2.05) is 27.7 Å². The van der Waals surface area contributed by atoms with E-state index in [0.717, 1.165) is 13.0 Å². The summed E-state index contributed by atoms with van der Waals surface area (Å²) in [6.07, 6.45) is 0.144. The van der Waals surface area contributed by atoms with Gasteiger partial charge in [0.2, 0.25) is 6.41 Å². The van der Waals surface area contributed by atoms with E-state index in [1.54, 1.807) is 5.01 Å². The summed E-state index contributed by atoms with van der Waals surface area (Å²) in [6, 6.07) is 0. The Kier molecular flexibility index (Phi) is 6.27. The van der Waals surface area contributed by atoms with E-state index in [1.165, 1.54) is 0 Å². The molecule has 0 heterocycles. The molecule has 0 fully saturated rings. The number of aliphatic hydroxyl groups excluding tert-OH is 1. The highest BCUT2D eigenvalue weighted by atomic mass is 16.6. The number of hydrogen-bond acceptors (Lipinski definition) is 4. The van der Waals surface area contributed by atoms with Crippen molar-refractivity contribution in [2.24, 2.45) is 0 Å². The van der Waals surface area contributed by atoms with Crippen molar-refractivity contribution >= 4 is 0 Å². The fourth-order valence-electron chi connectivity index (χ4n) is 0.981. The molecule has 0 unspecified atom stereocenters. The molecule has 86 valence electrons. The predicted molar refractivity (Wildman–Crippen MR) is 57.5 cm³/mol. The Morgan fingerprint density at radius 3 is 2.29 bits per heavy atom. The molecule has 0 amide bonds. The van der Waals surface area contributed by atoms with Gasteiger partial charge in [0.25, 0.3) is 0 Å². The Bertz CT molecular complexity index is 146. The first-order valence-electron chi connectivity index (χ1n) is 5.26. The van der Waals surface area contributed by atoms with Gasteiger partial charge in [-0.1, -0.05) is 13.8 Å². The lowest BCUT2D eigenvalue weighted by Crippen LogP contribution is -2.49. The number of ether oxygens (including phenoxy) is 1. The van der Waals surface area contributed by atoms with Crippen LogP contribution in [0.15, 0.2) is 0 Å². The van der Waals surface area contributed by atoms with Crippen molar-refractivity contribution in [2.45, 2.75) is 53.1 Å². The Hall–Kier alpha value is -0.160. The molecule has 0 aliphatic heterocycles. The smallest absolute Gasteiger partial charge is 0.229 e. The molecule has 1 atom stereocenters. The Morgan fingerprint density at radius 2 is 1.93 bits per heavy atom. The lowest BCUT2D eigenvalue weighted by Gasteiger charge is -2.31. The van der Waals surface area contributed by atoms with E-state index >= 15 is 0 Å². The maximum atomic E-state index is 9.71. The molecular weight excluding hydrogens is 180 g/mol. The number of nitrogens with one attached hydrogen (secondary N) is 1. The monoisotopic (exact) mass is 204 g/mol. The molecule has 2 N–H and O–H groups in total. The van der Waals surface area contributed by atoms with E-state index in [4.69, 9.17) is 4.74 Å². The second kappa shape index (κ2) is 6.35. The SMILES string of the molecule is CCCNN(CC)[C@H](O)OC(C)(C)C. The molecule has 14 heavy (non-hydrogen) atoms. The van der Waals surface area contributed by atoms with Gasteiger partial charge >= 0.3 is 0 Å². The maximum Gasteiger partial charge on any atom is 0.229 e. The topological polar surface area (TPSA) is 44.7 Å². The molecule has 0 saturated heterocycles. The van der Waals surface area contributed by atoms with E-state index in [-0.39, 0.29) is 5.60 Å². The number of hydrazine groups is 1. The normalized spacial score (nSPS) is 14.8. The van der Waals surface area contributed by atoms with E-state index in [0.29, 0.717) is 6.54 Å².